The average molecular weight is 498 g/mol. The summed E-state index contributed by atoms with van der Waals surface area (Å²) in [7, 11) is 0. The minimum atomic E-state index is -2.62. The number of alkyl halides is 2. The highest BCUT2D eigenvalue weighted by Crippen LogP contribution is 2.32. The van der Waals surface area contributed by atoms with Crippen molar-refractivity contribution in [3.8, 4) is 34.0 Å². The predicted molar refractivity (Wildman–Crippen MR) is 133 cm³/mol. The number of rotatable bonds is 5. The number of hydrogen-bond donors (Lipinski definition) is 2. The Bertz CT molecular complexity index is 1740. The van der Waals surface area contributed by atoms with Crippen LogP contribution in [0.25, 0.3) is 56.0 Å². The van der Waals surface area contributed by atoms with Crippen LogP contribution in [0.1, 0.15) is 12.0 Å². The van der Waals surface area contributed by atoms with Gasteiger partial charge in [-0.3, -0.25) is 25.0 Å². The molecule has 7 heterocycles. The van der Waals surface area contributed by atoms with Crippen LogP contribution in [0.4, 0.5) is 8.78 Å². The molecule has 0 bridgehead atoms. The quantitative estimate of drug-likeness (QED) is 0.342. The highest BCUT2D eigenvalue weighted by Gasteiger charge is 2.37. The van der Waals surface area contributed by atoms with Gasteiger partial charge >= 0.3 is 0 Å². The fraction of sp³-hybridized carbons (Fsp3) is 0.192. The SMILES string of the molecule is FC1(F)CCN(Cc2cncc(-c3cc4c(-c5nc6c(-c7ccoc7)nccc6[nH]5)n[nH]c4cn3)c2)C1. The van der Waals surface area contributed by atoms with Gasteiger partial charge in [0.2, 0.25) is 0 Å². The molecule has 0 aromatic carbocycles. The summed E-state index contributed by atoms with van der Waals surface area (Å²) in [5.41, 5.74) is 6.88. The predicted octanol–water partition coefficient (Wildman–Crippen LogP) is 5.06. The lowest BCUT2D eigenvalue weighted by Gasteiger charge is -2.15. The summed E-state index contributed by atoms with van der Waals surface area (Å²) < 4.78 is 32.4. The first-order chi connectivity index (χ1) is 18.0. The lowest BCUT2D eigenvalue weighted by Crippen LogP contribution is -2.24. The second-order valence-electron chi connectivity index (χ2n) is 9.24. The second-order valence-corrected chi connectivity index (χ2v) is 9.24. The van der Waals surface area contributed by atoms with Crippen molar-refractivity contribution < 1.29 is 13.2 Å². The van der Waals surface area contributed by atoms with Gasteiger partial charge in [-0.05, 0) is 29.8 Å². The fourth-order valence-electron chi connectivity index (χ4n) is 4.83. The number of hydrogen-bond acceptors (Lipinski definition) is 7. The van der Waals surface area contributed by atoms with Gasteiger partial charge in [0.15, 0.2) is 5.82 Å². The number of nitrogens with zero attached hydrogens (tertiary/aromatic N) is 6. The number of furan rings is 1. The maximum atomic E-state index is 13.6. The van der Waals surface area contributed by atoms with Gasteiger partial charge in [-0.2, -0.15) is 5.10 Å². The van der Waals surface area contributed by atoms with Gasteiger partial charge < -0.3 is 9.40 Å². The normalized spacial score (nSPS) is 15.7. The van der Waals surface area contributed by atoms with Crippen LogP contribution in [0, 0.1) is 0 Å². The van der Waals surface area contributed by atoms with E-state index in [1.807, 2.05) is 24.3 Å². The molecule has 1 aliphatic heterocycles. The van der Waals surface area contributed by atoms with Gasteiger partial charge in [-0.25, -0.2) is 13.8 Å². The Labute approximate surface area is 208 Å². The molecule has 6 aromatic rings. The van der Waals surface area contributed by atoms with Crippen LogP contribution in [0.2, 0.25) is 0 Å². The first-order valence-electron chi connectivity index (χ1n) is 11.8. The number of aromatic amines is 2. The molecule has 184 valence electrons. The number of pyridine rings is 3. The molecule has 0 atom stereocenters. The van der Waals surface area contributed by atoms with Crippen LogP contribution >= 0.6 is 0 Å². The van der Waals surface area contributed by atoms with Gasteiger partial charge in [-0.15, -0.1) is 0 Å². The lowest BCUT2D eigenvalue weighted by atomic mass is 10.1. The molecule has 2 N–H and O–H groups in total. The van der Waals surface area contributed by atoms with Crippen LogP contribution in [-0.2, 0) is 6.54 Å². The second kappa shape index (κ2) is 8.27. The van der Waals surface area contributed by atoms with Gasteiger partial charge in [0.1, 0.15) is 16.9 Å². The summed E-state index contributed by atoms with van der Waals surface area (Å²) in [5, 5.41) is 8.36. The van der Waals surface area contributed by atoms with Crippen LogP contribution in [0.15, 0.2) is 66.0 Å². The Balaban J connectivity index is 1.24. The van der Waals surface area contributed by atoms with Crippen molar-refractivity contribution in [2.24, 2.45) is 0 Å². The summed E-state index contributed by atoms with van der Waals surface area (Å²) in [5.74, 6) is -2.03. The van der Waals surface area contributed by atoms with Gasteiger partial charge in [-0.1, -0.05) is 0 Å². The maximum absolute atomic E-state index is 13.6. The summed E-state index contributed by atoms with van der Waals surface area (Å²) in [4.78, 5) is 23.3. The van der Waals surface area contributed by atoms with E-state index in [2.05, 4.69) is 30.1 Å². The third-order valence-corrected chi connectivity index (χ3v) is 6.61. The molecule has 0 amide bonds. The molecule has 0 saturated carbocycles. The third-order valence-electron chi connectivity index (χ3n) is 6.61. The zero-order valence-electron chi connectivity index (χ0n) is 19.4. The van der Waals surface area contributed by atoms with Crippen LogP contribution in [-0.4, -0.2) is 59.0 Å². The van der Waals surface area contributed by atoms with E-state index in [1.165, 1.54) is 0 Å². The van der Waals surface area contributed by atoms with Crippen LogP contribution in [0.3, 0.4) is 0 Å². The number of halogens is 2. The molecule has 37 heavy (non-hydrogen) atoms. The van der Waals surface area contributed by atoms with Crippen LogP contribution < -0.4 is 0 Å². The summed E-state index contributed by atoms with van der Waals surface area (Å²) in [6.07, 6.45) is 10.0. The molecule has 0 radical (unpaired) electrons. The minimum absolute atomic E-state index is 0.108. The first kappa shape index (κ1) is 21.7. The van der Waals surface area contributed by atoms with Crippen molar-refractivity contribution >= 4 is 21.9 Å². The van der Waals surface area contributed by atoms with Crippen molar-refractivity contribution in [3.63, 3.8) is 0 Å². The van der Waals surface area contributed by atoms with Crippen molar-refractivity contribution in [1.29, 1.82) is 0 Å². The number of aromatic nitrogens is 7. The topological polar surface area (TPSA) is 112 Å². The maximum Gasteiger partial charge on any atom is 0.261 e. The molecule has 1 saturated heterocycles. The highest BCUT2D eigenvalue weighted by molar-refractivity contribution is 5.96. The largest absolute Gasteiger partial charge is 0.472 e. The van der Waals surface area contributed by atoms with E-state index >= 15 is 0 Å². The molecular formula is C26H20F2N8O. The van der Waals surface area contributed by atoms with Gasteiger partial charge in [0.25, 0.3) is 5.92 Å². The molecule has 0 aliphatic carbocycles. The Morgan fingerprint density at radius 1 is 1.03 bits per heavy atom. The smallest absolute Gasteiger partial charge is 0.261 e. The standard InChI is InChI=1S/C26H20F2N8O/c27-26(28)3-5-36(14-26)12-15-7-17(10-29-9-15)20-8-18-21(11-31-20)34-35-23(18)25-32-19-1-4-30-22(24(19)33-25)16-2-6-37-13-16/h1-2,4,6-11,13H,3,5,12,14H2,(H,32,33)(H,34,35). The zero-order valence-corrected chi connectivity index (χ0v) is 19.4. The number of imidazole rings is 1. The van der Waals surface area contributed by atoms with E-state index in [-0.39, 0.29) is 13.0 Å². The number of likely N-dealkylation sites (tertiary alicyclic amines) is 1. The van der Waals surface area contributed by atoms with E-state index in [0.717, 1.165) is 38.8 Å². The van der Waals surface area contributed by atoms with E-state index in [9.17, 15) is 8.78 Å². The summed E-state index contributed by atoms with van der Waals surface area (Å²) in [6.45, 7) is 0.561. The minimum Gasteiger partial charge on any atom is -0.472 e. The van der Waals surface area contributed by atoms with E-state index in [4.69, 9.17) is 9.40 Å². The van der Waals surface area contributed by atoms with E-state index < -0.39 is 5.92 Å². The van der Waals surface area contributed by atoms with E-state index in [1.54, 1.807) is 42.2 Å². The Morgan fingerprint density at radius 2 is 1.97 bits per heavy atom. The summed E-state index contributed by atoms with van der Waals surface area (Å²) >= 11 is 0. The molecular weight excluding hydrogens is 478 g/mol. The molecule has 1 fully saturated rings. The average Bonchev–Trinajstić information content (AvgIpc) is 3.69. The molecule has 11 heteroatoms. The Morgan fingerprint density at radius 3 is 2.81 bits per heavy atom. The molecule has 6 aromatic heterocycles. The lowest BCUT2D eigenvalue weighted by molar-refractivity contribution is 0.0115. The zero-order chi connectivity index (χ0) is 25.0. The Kier molecular flexibility index (Phi) is 4.86. The van der Waals surface area contributed by atoms with E-state index in [0.29, 0.717) is 35.8 Å². The van der Waals surface area contributed by atoms with Crippen molar-refractivity contribution in [2.75, 3.05) is 13.1 Å². The Hall–Kier alpha value is -4.51. The molecule has 1 aliphatic rings. The molecule has 0 spiro atoms. The number of H-pyrrole nitrogens is 2. The molecule has 9 nitrogen and oxygen atoms in total. The van der Waals surface area contributed by atoms with Crippen molar-refractivity contribution in [2.45, 2.75) is 18.9 Å². The van der Waals surface area contributed by atoms with Crippen molar-refractivity contribution in [1.82, 2.24) is 40.0 Å². The number of fused-ring (bicyclic) bond motifs is 2. The summed E-state index contributed by atoms with van der Waals surface area (Å²) in [6, 6.07) is 7.59. The van der Waals surface area contributed by atoms with Crippen LogP contribution in [0.5, 0.6) is 0 Å². The highest BCUT2D eigenvalue weighted by atomic mass is 19.3. The van der Waals surface area contributed by atoms with Gasteiger partial charge in [0.05, 0.1) is 42.0 Å². The monoisotopic (exact) mass is 498 g/mol. The third kappa shape index (κ3) is 3.93. The van der Waals surface area contributed by atoms with Gasteiger partial charge in [0, 0.05) is 54.6 Å². The fourth-order valence-corrected chi connectivity index (χ4v) is 4.83. The number of nitrogens with one attached hydrogen (secondary N) is 2. The first-order valence-corrected chi connectivity index (χ1v) is 11.8. The molecule has 0 unspecified atom stereocenters. The van der Waals surface area contributed by atoms with Crippen molar-refractivity contribution in [3.05, 3.63) is 67.1 Å². The molecule has 7 rings (SSSR count).